The molecule has 0 saturated heterocycles. The Morgan fingerprint density at radius 1 is 1.00 bits per heavy atom. The maximum absolute atomic E-state index is 3.79. The topological polar surface area (TPSA) is 15.3 Å². The van der Waals surface area contributed by atoms with Gasteiger partial charge in [-0.1, -0.05) is 33.6 Å². The van der Waals surface area contributed by atoms with Gasteiger partial charge in [-0.3, -0.25) is 0 Å². The van der Waals surface area contributed by atoms with Crippen molar-refractivity contribution in [2.45, 2.75) is 52.5 Å². The molecule has 0 aliphatic heterocycles. The Labute approximate surface area is 124 Å². The Hall–Kier alpha value is -1.18. The van der Waals surface area contributed by atoms with Gasteiger partial charge in [-0.2, -0.15) is 0 Å². The van der Waals surface area contributed by atoms with E-state index in [9.17, 15) is 0 Å². The second-order valence-corrected chi connectivity index (χ2v) is 7.45. The van der Waals surface area contributed by atoms with Crippen LogP contribution in [0.25, 0.3) is 0 Å². The Kier molecular flexibility index (Phi) is 4.62. The summed E-state index contributed by atoms with van der Waals surface area (Å²) in [6.45, 7) is 7.15. The molecule has 0 bridgehead atoms. The lowest BCUT2D eigenvalue weighted by Gasteiger charge is -2.41. The van der Waals surface area contributed by atoms with Crippen molar-refractivity contribution in [1.29, 1.82) is 0 Å². The van der Waals surface area contributed by atoms with E-state index in [1.807, 2.05) is 0 Å². The fourth-order valence-corrected chi connectivity index (χ4v) is 3.41. The molecule has 1 saturated carbocycles. The molecule has 1 aromatic rings. The zero-order valence-electron chi connectivity index (χ0n) is 13.7. The van der Waals surface area contributed by atoms with Crippen LogP contribution in [-0.4, -0.2) is 20.1 Å². The maximum Gasteiger partial charge on any atom is 0.0362 e. The van der Waals surface area contributed by atoms with E-state index in [1.165, 1.54) is 37.1 Å². The van der Waals surface area contributed by atoms with Crippen LogP contribution in [0.3, 0.4) is 0 Å². The lowest BCUT2D eigenvalue weighted by molar-refractivity contribution is 0.163. The van der Waals surface area contributed by atoms with E-state index in [4.69, 9.17) is 0 Å². The summed E-state index contributed by atoms with van der Waals surface area (Å²) in [6, 6.07) is 9.43. The Morgan fingerprint density at radius 3 is 2.15 bits per heavy atom. The molecule has 1 aliphatic rings. The van der Waals surface area contributed by atoms with Gasteiger partial charge in [0.25, 0.3) is 0 Å². The summed E-state index contributed by atoms with van der Waals surface area (Å²) < 4.78 is 0. The van der Waals surface area contributed by atoms with Crippen LogP contribution in [0.2, 0.25) is 0 Å². The predicted molar refractivity (Wildman–Crippen MR) is 89.6 cm³/mol. The summed E-state index contributed by atoms with van der Waals surface area (Å²) in [5.74, 6) is 0.768. The van der Waals surface area contributed by atoms with Crippen molar-refractivity contribution in [3.63, 3.8) is 0 Å². The number of anilines is 2. The molecule has 1 N–H and O–H groups in total. The predicted octanol–water partition coefficient (Wildman–Crippen LogP) is 4.77. The highest BCUT2D eigenvalue weighted by atomic mass is 15.1. The van der Waals surface area contributed by atoms with E-state index in [0.29, 0.717) is 11.5 Å². The zero-order valence-corrected chi connectivity index (χ0v) is 13.7. The molecule has 2 heteroatoms. The third-order valence-electron chi connectivity index (χ3n) is 4.61. The molecular formula is C18H30N2. The Morgan fingerprint density at radius 2 is 1.60 bits per heavy atom. The van der Waals surface area contributed by atoms with Gasteiger partial charge in [-0.05, 0) is 48.4 Å². The summed E-state index contributed by atoms with van der Waals surface area (Å²) in [7, 11) is 4.17. The first kappa shape index (κ1) is 15.2. The van der Waals surface area contributed by atoms with Gasteiger partial charge in [0, 0.05) is 31.5 Å². The van der Waals surface area contributed by atoms with Crippen molar-refractivity contribution < 1.29 is 0 Å². The minimum absolute atomic E-state index is 0.391. The van der Waals surface area contributed by atoms with E-state index < -0.39 is 0 Å². The van der Waals surface area contributed by atoms with Gasteiger partial charge in [0.2, 0.25) is 0 Å². The lowest BCUT2D eigenvalue weighted by atomic mass is 9.69. The molecule has 0 radical (unpaired) electrons. The third kappa shape index (κ3) is 3.68. The summed E-state index contributed by atoms with van der Waals surface area (Å²) in [5, 5.41) is 3.79. The van der Waals surface area contributed by atoms with Crippen molar-refractivity contribution in [3.8, 4) is 0 Å². The molecule has 2 nitrogen and oxygen atoms in total. The molecular weight excluding hydrogens is 244 g/mol. The largest absolute Gasteiger partial charge is 0.382 e. The average Bonchev–Trinajstić information content (AvgIpc) is 2.38. The molecule has 0 amide bonds. The van der Waals surface area contributed by atoms with Gasteiger partial charge in [-0.25, -0.2) is 0 Å². The van der Waals surface area contributed by atoms with Gasteiger partial charge in [-0.15, -0.1) is 0 Å². The molecule has 0 spiro atoms. The van der Waals surface area contributed by atoms with Crippen molar-refractivity contribution in [2.24, 2.45) is 11.3 Å². The first-order chi connectivity index (χ1) is 9.38. The van der Waals surface area contributed by atoms with E-state index in [2.05, 4.69) is 69.3 Å². The first-order valence-corrected chi connectivity index (χ1v) is 7.92. The normalized spacial score (nSPS) is 23.4. The molecule has 2 rings (SSSR count). The molecule has 0 aromatic heterocycles. The summed E-state index contributed by atoms with van der Waals surface area (Å²) in [5.41, 5.74) is 2.91. The maximum atomic E-state index is 3.79. The minimum atomic E-state index is 0.391. The van der Waals surface area contributed by atoms with E-state index in [1.54, 1.807) is 0 Å². The van der Waals surface area contributed by atoms with Crippen LogP contribution in [0, 0.1) is 11.3 Å². The molecule has 20 heavy (non-hydrogen) atoms. The number of rotatable bonds is 3. The molecule has 1 aromatic carbocycles. The highest BCUT2D eigenvalue weighted by Crippen LogP contribution is 2.39. The van der Waals surface area contributed by atoms with Gasteiger partial charge in [0.15, 0.2) is 0 Å². The Balaban J connectivity index is 2.07. The average molecular weight is 274 g/mol. The number of hydrogen-bond acceptors (Lipinski definition) is 2. The molecule has 2 atom stereocenters. The van der Waals surface area contributed by atoms with Gasteiger partial charge in [0.1, 0.15) is 0 Å². The summed E-state index contributed by atoms with van der Waals surface area (Å²) in [6.07, 6.45) is 5.41. The van der Waals surface area contributed by atoms with Crippen LogP contribution in [0.1, 0.15) is 46.5 Å². The van der Waals surface area contributed by atoms with Crippen molar-refractivity contribution in [2.75, 3.05) is 24.3 Å². The van der Waals surface area contributed by atoms with E-state index in [0.717, 1.165) is 5.92 Å². The van der Waals surface area contributed by atoms with Crippen LogP contribution >= 0.6 is 0 Å². The summed E-state index contributed by atoms with van der Waals surface area (Å²) in [4.78, 5) is 2.14. The Bertz CT molecular complexity index is 414. The number of nitrogens with zero attached hydrogens (tertiary/aromatic N) is 1. The fourth-order valence-electron chi connectivity index (χ4n) is 3.41. The second-order valence-electron chi connectivity index (χ2n) is 7.45. The van der Waals surface area contributed by atoms with E-state index in [-0.39, 0.29) is 0 Å². The van der Waals surface area contributed by atoms with Crippen molar-refractivity contribution in [1.82, 2.24) is 0 Å². The van der Waals surface area contributed by atoms with Crippen LogP contribution in [-0.2, 0) is 0 Å². The van der Waals surface area contributed by atoms with Gasteiger partial charge in [0.05, 0.1) is 0 Å². The van der Waals surface area contributed by atoms with Crippen LogP contribution in [0.15, 0.2) is 24.3 Å². The van der Waals surface area contributed by atoms with Crippen LogP contribution in [0.4, 0.5) is 11.4 Å². The lowest BCUT2D eigenvalue weighted by Crippen LogP contribution is -2.39. The van der Waals surface area contributed by atoms with Crippen LogP contribution in [0.5, 0.6) is 0 Å². The fraction of sp³-hybridized carbons (Fsp3) is 0.667. The molecule has 2 unspecified atom stereocenters. The van der Waals surface area contributed by atoms with Gasteiger partial charge >= 0.3 is 0 Å². The molecule has 1 aliphatic carbocycles. The van der Waals surface area contributed by atoms with Crippen molar-refractivity contribution >= 4 is 11.4 Å². The smallest absolute Gasteiger partial charge is 0.0362 e. The number of hydrogen-bond donors (Lipinski definition) is 1. The molecule has 1 fully saturated rings. The minimum Gasteiger partial charge on any atom is -0.382 e. The molecule has 112 valence electrons. The zero-order chi connectivity index (χ0) is 14.8. The first-order valence-electron chi connectivity index (χ1n) is 7.92. The standard InChI is InChI=1S/C18H30N2/c1-18(2,3)16-8-6-7-9-17(16)19-14-10-12-15(13-11-14)20(4)5/h10-13,16-17,19H,6-9H2,1-5H3. The third-order valence-corrected chi connectivity index (χ3v) is 4.61. The number of benzene rings is 1. The SMILES string of the molecule is CN(C)c1ccc(NC2CCCCC2C(C)(C)C)cc1. The number of nitrogens with one attached hydrogen (secondary N) is 1. The highest BCUT2D eigenvalue weighted by molar-refractivity contribution is 5.54. The molecule has 0 heterocycles. The monoisotopic (exact) mass is 274 g/mol. The highest BCUT2D eigenvalue weighted by Gasteiger charge is 2.33. The second kappa shape index (κ2) is 6.07. The van der Waals surface area contributed by atoms with Crippen LogP contribution < -0.4 is 10.2 Å². The van der Waals surface area contributed by atoms with Gasteiger partial charge < -0.3 is 10.2 Å². The quantitative estimate of drug-likeness (QED) is 0.854. The van der Waals surface area contributed by atoms with Crippen molar-refractivity contribution in [3.05, 3.63) is 24.3 Å². The summed E-state index contributed by atoms with van der Waals surface area (Å²) >= 11 is 0. The van der Waals surface area contributed by atoms with E-state index >= 15 is 0 Å².